The summed E-state index contributed by atoms with van der Waals surface area (Å²) in [5, 5.41) is 11.9. The summed E-state index contributed by atoms with van der Waals surface area (Å²) >= 11 is 0. The van der Waals surface area contributed by atoms with Gasteiger partial charge in [-0.05, 0) is 36.3 Å². The van der Waals surface area contributed by atoms with E-state index in [0.29, 0.717) is 18.3 Å². The molecule has 1 aliphatic heterocycles. The topological polar surface area (TPSA) is 29.5 Å². The summed E-state index contributed by atoms with van der Waals surface area (Å²) in [6.07, 6.45) is 16.1. The van der Waals surface area contributed by atoms with Gasteiger partial charge in [-0.2, -0.15) is 0 Å². The van der Waals surface area contributed by atoms with Crippen LogP contribution >= 0.6 is 0 Å². The fraction of sp³-hybridized carbons (Fsp3) is 0.333. The highest BCUT2D eigenvalue weighted by molar-refractivity contribution is 5.50. The minimum Gasteiger partial charge on any atom is -0.485 e. The predicted molar refractivity (Wildman–Crippen MR) is 103 cm³/mol. The molecule has 1 saturated carbocycles. The van der Waals surface area contributed by atoms with Gasteiger partial charge in [-0.15, -0.1) is 6.58 Å². The van der Waals surface area contributed by atoms with E-state index in [1.54, 1.807) is 6.08 Å². The van der Waals surface area contributed by atoms with Crippen LogP contribution in [0.15, 0.2) is 85.7 Å². The molecule has 0 bridgehead atoms. The van der Waals surface area contributed by atoms with Gasteiger partial charge in [-0.1, -0.05) is 61.2 Å². The summed E-state index contributed by atoms with van der Waals surface area (Å²) in [7, 11) is 0. The van der Waals surface area contributed by atoms with Crippen molar-refractivity contribution in [2.75, 3.05) is 0 Å². The lowest BCUT2D eigenvalue weighted by Gasteiger charge is -2.55. The third-order valence-corrected chi connectivity index (χ3v) is 6.98. The first-order valence-corrected chi connectivity index (χ1v) is 9.45. The first kappa shape index (κ1) is 15.9. The Labute approximate surface area is 154 Å². The molecule has 132 valence electrons. The van der Waals surface area contributed by atoms with Crippen LogP contribution in [0.5, 0.6) is 0 Å². The Kier molecular flexibility index (Phi) is 3.27. The molecule has 6 atom stereocenters. The van der Waals surface area contributed by atoms with Crippen molar-refractivity contribution < 1.29 is 9.84 Å². The zero-order chi connectivity index (χ0) is 17.9. The fourth-order valence-electron chi connectivity index (χ4n) is 5.97. The fourth-order valence-corrected chi connectivity index (χ4v) is 5.97. The number of hydrogen-bond donors (Lipinski definition) is 1. The highest BCUT2D eigenvalue weighted by Crippen LogP contribution is 2.65. The highest BCUT2D eigenvalue weighted by atomic mass is 16.5. The summed E-state index contributed by atoms with van der Waals surface area (Å²) in [5.41, 5.74) is 1.69. The van der Waals surface area contributed by atoms with E-state index in [2.05, 4.69) is 55.7 Å². The lowest BCUT2D eigenvalue weighted by molar-refractivity contribution is -0.130. The molecule has 3 aliphatic carbocycles. The molecule has 26 heavy (non-hydrogen) atoms. The molecule has 1 N–H and O–H groups in total. The van der Waals surface area contributed by atoms with E-state index in [9.17, 15) is 5.11 Å². The number of aliphatic hydroxyl groups is 1. The highest BCUT2D eigenvalue weighted by Gasteiger charge is 2.65. The molecule has 1 aromatic rings. The lowest BCUT2D eigenvalue weighted by Crippen LogP contribution is -2.55. The number of fused-ring (bicyclic) bond motifs is 4. The average molecular weight is 344 g/mol. The quantitative estimate of drug-likeness (QED) is 0.784. The molecule has 1 spiro atoms. The standard InChI is InChI=1S/C24H24O2/c1-3-16-11-13-24(26-15-16)20-10-6-5-9-19(20)23(25)12-7-8-18-14-17(4-2)22(24)21(18)23/h3-11,13,15,17-18,21-22,25H,1-2,12,14H2/t17-,18+,21+,22-,23-,24+/m1/s1. The molecular formula is C24H24O2. The molecule has 0 saturated heterocycles. The van der Waals surface area contributed by atoms with Gasteiger partial charge in [0.2, 0.25) is 0 Å². The summed E-state index contributed by atoms with van der Waals surface area (Å²) in [4.78, 5) is 0. The number of ether oxygens (including phenoxy) is 1. The van der Waals surface area contributed by atoms with Crippen molar-refractivity contribution in [1.82, 2.24) is 0 Å². The third-order valence-electron chi connectivity index (χ3n) is 6.98. The maximum absolute atomic E-state index is 11.9. The molecule has 2 heteroatoms. The van der Waals surface area contributed by atoms with Gasteiger partial charge in [-0.3, -0.25) is 0 Å². The molecule has 1 aromatic carbocycles. The van der Waals surface area contributed by atoms with Gasteiger partial charge in [0, 0.05) is 23.0 Å². The van der Waals surface area contributed by atoms with Gasteiger partial charge in [0.25, 0.3) is 0 Å². The molecule has 2 nitrogen and oxygen atoms in total. The van der Waals surface area contributed by atoms with Gasteiger partial charge in [0.1, 0.15) is 0 Å². The monoisotopic (exact) mass is 344 g/mol. The zero-order valence-corrected chi connectivity index (χ0v) is 14.8. The smallest absolute Gasteiger partial charge is 0.156 e. The largest absolute Gasteiger partial charge is 0.485 e. The van der Waals surface area contributed by atoms with Crippen molar-refractivity contribution in [2.45, 2.75) is 24.0 Å². The minimum atomic E-state index is -0.830. The predicted octanol–water partition coefficient (Wildman–Crippen LogP) is 4.75. The van der Waals surface area contributed by atoms with Gasteiger partial charge in [0.05, 0.1) is 11.9 Å². The van der Waals surface area contributed by atoms with E-state index < -0.39 is 11.2 Å². The Morgan fingerprint density at radius 2 is 1.96 bits per heavy atom. The van der Waals surface area contributed by atoms with Crippen LogP contribution in [0.3, 0.4) is 0 Å². The van der Waals surface area contributed by atoms with Crippen LogP contribution in [0.4, 0.5) is 0 Å². The Morgan fingerprint density at radius 3 is 2.65 bits per heavy atom. The lowest BCUT2D eigenvalue weighted by atomic mass is 9.55. The molecule has 0 unspecified atom stereocenters. The van der Waals surface area contributed by atoms with Crippen LogP contribution in [0.2, 0.25) is 0 Å². The van der Waals surface area contributed by atoms with E-state index in [1.807, 2.05) is 18.4 Å². The van der Waals surface area contributed by atoms with Crippen molar-refractivity contribution in [2.24, 2.45) is 23.7 Å². The molecule has 1 fully saturated rings. The van der Waals surface area contributed by atoms with Crippen molar-refractivity contribution in [3.63, 3.8) is 0 Å². The van der Waals surface area contributed by atoms with Crippen molar-refractivity contribution in [1.29, 1.82) is 0 Å². The van der Waals surface area contributed by atoms with E-state index in [1.165, 1.54) is 0 Å². The first-order valence-electron chi connectivity index (χ1n) is 9.45. The number of allylic oxidation sites excluding steroid dienone is 5. The second kappa shape index (κ2) is 5.34. The van der Waals surface area contributed by atoms with Gasteiger partial charge in [-0.25, -0.2) is 0 Å². The summed E-state index contributed by atoms with van der Waals surface area (Å²) in [6.45, 7) is 7.97. The van der Waals surface area contributed by atoms with Crippen LogP contribution in [-0.2, 0) is 15.9 Å². The van der Waals surface area contributed by atoms with Crippen LogP contribution in [0.25, 0.3) is 0 Å². The van der Waals surface area contributed by atoms with Gasteiger partial charge in [0.15, 0.2) is 5.60 Å². The second-order valence-corrected chi connectivity index (χ2v) is 8.02. The second-order valence-electron chi connectivity index (χ2n) is 8.02. The molecule has 5 rings (SSSR count). The van der Waals surface area contributed by atoms with Crippen molar-refractivity contribution >= 4 is 0 Å². The van der Waals surface area contributed by atoms with E-state index >= 15 is 0 Å². The van der Waals surface area contributed by atoms with Crippen LogP contribution in [-0.4, -0.2) is 5.11 Å². The maximum Gasteiger partial charge on any atom is 0.156 e. The van der Waals surface area contributed by atoms with E-state index in [4.69, 9.17) is 4.74 Å². The SMILES string of the molecule is C=CC1=CO[C@@]2(C=C1)c1ccccc1[C@]1(O)CC=C[C@H]3C[C@@H](C=C)[C@@H]2[C@H]31. The molecule has 0 amide bonds. The molecular weight excluding hydrogens is 320 g/mol. The third kappa shape index (κ3) is 1.80. The number of hydrogen-bond acceptors (Lipinski definition) is 2. The van der Waals surface area contributed by atoms with Gasteiger partial charge >= 0.3 is 0 Å². The average Bonchev–Trinajstić information content (AvgIpc) is 3.08. The van der Waals surface area contributed by atoms with Crippen molar-refractivity contribution in [3.8, 4) is 0 Å². The molecule has 1 heterocycles. The molecule has 4 aliphatic rings. The Balaban J connectivity index is 1.79. The summed E-state index contributed by atoms with van der Waals surface area (Å²) in [6, 6.07) is 8.26. The number of benzene rings is 1. The molecule has 0 radical (unpaired) electrons. The van der Waals surface area contributed by atoms with Crippen LogP contribution in [0, 0.1) is 23.7 Å². The summed E-state index contributed by atoms with van der Waals surface area (Å²) in [5.74, 6) is 0.951. The maximum atomic E-state index is 11.9. The Bertz CT molecular complexity index is 876. The molecule has 0 aromatic heterocycles. The Hall–Kier alpha value is -2.32. The van der Waals surface area contributed by atoms with Crippen molar-refractivity contribution in [3.05, 3.63) is 96.8 Å². The first-order chi connectivity index (χ1) is 12.6. The normalized spacial score (nSPS) is 41.8. The minimum absolute atomic E-state index is 0.133. The van der Waals surface area contributed by atoms with E-state index in [0.717, 1.165) is 23.1 Å². The zero-order valence-electron chi connectivity index (χ0n) is 14.8. The summed E-state index contributed by atoms with van der Waals surface area (Å²) < 4.78 is 6.49. The van der Waals surface area contributed by atoms with Crippen LogP contribution < -0.4 is 0 Å². The Morgan fingerprint density at radius 1 is 1.15 bits per heavy atom. The van der Waals surface area contributed by atoms with E-state index in [-0.39, 0.29) is 11.8 Å². The van der Waals surface area contributed by atoms with Crippen LogP contribution in [0.1, 0.15) is 24.0 Å². The number of rotatable bonds is 2. The van der Waals surface area contributed by atoms with Gasteiger partial charge < -0.3 is 9.84 Å².